The molecule has 1 aromatic heterocycles. The van der Waals surface area contributed by atoms with E-state index >= 15 is 0 Å². The van der Waals surface area contributed by atoms with Gasteiger partial charge in [-0.25, -0.2) is 14.8 Å². The maximum atomic E-state index is 12.1. The molecule has 1 aliphatic heterocycles. The smallest absolute Gasteiger partial charge is 0.361 e. The number of nitrogens with one attached hydrogen (secondary N) is 1. The van der Waals surface area contributed by atoms with E-state index in [1.807, 2.05) is 25.1 Å². The number of anilines is 3. The maximum Gasteiger partial charge on any atom is 0.361 e. The van der Waals surface area contributed by atoms with Crippen LogP contribution < -0.4 is 16.0 Å². The minimum absolute atomic E-state index is 0.0359. The van der Waals surface area contributed by atoms with Crippen molar-refractivity contribution in [3.05, 3.63) is 41.9 Å². The van der Waals surface area contributed by atoms with Gasteiger partial charge in [-0.15, -0.1) is 0 Å². The molecule has 3 rings (SSSR count). The third kappa shape index (κ3) is 4.08. The van der Waals surface area contributed by atoms with Crippen LogP contribution in [0.25, 0.3) is 0 Å². The van der Waals surface area contributed by atoms with Crippen molar-refractivity contribution in [2.24, 2.45) is 0 Å². The molecule has 1 amide bonds. The molecule has 1 saturated heterocycles. The fourth-order valence-corrected chi connectivity index (χ4v) is 2.85. The third-order valence-corrected chi connectivity index (χ3v) is 4.21. The number of benzene rings is 1. The molecule has 0 saturated carbocycles. The Bertz CT molecular complexity index is 818. The summed E-state index contributed by atoms with van der Waals surface area (Å²) in [5.41, 5.74) is 8.25. The molecule has 136 valence electrons. The number of aromatic nitrogens is 2. The highest BCUT2D eigenvalue weighted by atomic mass is 16.5. The minimum Gasteiger partial charge on any atom is -0.451 e. The van der Waals surface area contributed by atoms with E-state index in [4.69, 9.17) is 10.5 Å². The summed E-state index contributed by atoms with van der Waals surface area (Å²) in [6, 6.07) is 5.90. The summed E-state index contributed by atoms with van der Waals surface area (Å²) in [6.07, 6.45) is 5.12. The standard InChI is InChI=1S/C18H21N5O3/c1-12-10-13(23-8-2-3-9-23)4-5-14(12)22-15(24)11-26-18(25)16-17(19)21-7-6-20-16/h4-7,10H,2-3,8-9,11H2,1H3,(H2,19,21)(H,22,24). The lowest BCUT2D eigenvalue weighted by Gasteiger charge is -2.19. The molecule has 0 bridgehead atoms. The van der Waals surface area contributed by atoms with Crippen LogP contribution in [0.4, 0.5) is 17.2 Å². The molecule has 0 aliphatic carbocycles. The lowest BCUT2D eigenvalue weighted by atomic mass is 10.1. The number of hydrogen-bond acceptors (Lipinski definition) is 7. The Hall–Kier alpha value is -3.16. The van der Waals surface area contributed by atoms with E-state index in [1.165, 1.54) is 25.2 Å². The fourth-order valence-electron chi connectivity index (χ4n) is 2.85. The van der Waals surface area contributed by atoms with E-state index in [9.17, 15) is 9.59 Å². The molecular weight excluding hydrogens is 334 g/mol. The number of esters is 1. The largest absolute Gasteiger partial charge is 0.451 e. The summed E-state index contributed by atoms with van der Waals surface area (Å²) in [7, 11) is 0. The van der Waals surface area contributed by atoms with Crippen LogP contribution in [0, 0.1) is 6.92 Å². The monoisotopic (exact) mass is 355 g/mol. The molecule has 0 unspecified atom stereocenters. The number of nitrogens with two attached hydrogens (primary N) is 1. The second kappa shape index (κ2) is 7.81. The van der Waals surface area contributed by atoms with Gasteiger partial charge in [-0.3, -0.25) is 4.79 Å². The van der Waals surface area contributed by atoms with Crippen LogP contribution in [0.2, 0.25) is 0 Å². The molecule has 26 heavy (non-hydrogen) atoms. The number of nitrogen functional groups attached to an aromatic ring is 1. The zero-order valence-electron chi connectivity index (χ0n) is 14.6. The van der Waals surface area contributed by atoms with Crippen molar-refractivity contribution in [2.75, 3.05) is 35.6 Å². The Morgan fingerprint density at radius 2 is 1.96 bits per heavy atom. The third-order valence-electron chi connectivity index (χ3n) is 4.21. The van der Waals surface area contributed by atoms with Crippen molar-refractivity contribution in [3.63, 3.8) is 0 Å². The van der Waals surface area contributed by atoms with Crippen LogP contribution in [0.3, 0.4) is 0 Å². The number of nitrogens with zero attached hydrogens (tertiary/aromatic N) is 3. The molecule has 8 heteroatoms. The van der Waals surface area contributed by atoms with E-state index in [0.29, 0.717) is 5.69 Å². The van der Waals surface area contributed by atoms with E-state index in [0.717, 1.165) is 24.3 Å². The average molecular weight is 355 g/mol. The van der Waals surface area contributed by atoms with E-state index in [2.05, 4.69) is 20.2 Å². The van der Waals surface area contributed by atoms with Crippen LogP contribution in [0.1, 0.15) is 28.9 Å². The Labute approximate surface area is 151 Å². The maximum absolute atomic E-state index is 12.1. The van der Waals surface area contributed by atoms with E-state index in [-0.39, 0.29) is 11.5 Å². The predicted molar refractivity (Wildman–Crippen MR) is 98.0 cm³/mol. The Kier molecular flexibility index (Phi) is 5.31. The van der Waals surface area contributed by atoms with Gasteiger partial charge in [0.05, 0.1) is 0 Å². The number of carbonyl (C=O) groups is 2. The van der Waals surface area contributed by atoms with Gasteiger partial charge >= 0.3 is 5.97 Å². The molecule has 8 nitrogen and oxygen atoms in total. The second-order valence-electron chi connectivity index (χ2n) is 6.11. The van der Waals surface area contributed by atoms with Crippen LogP contribution in [0.15, 0.2) is 30.6 Å². The van der Waals surface area contributed by atoms with Crippen molar-refractivity contribution in [1.29, 1.82) is 0 Å². The average Bonchev–Trinajstić information content (AvgIpc) is 3.16. The van der Waals surface area contributed by atoms with Gasteiger partial charge in [0.25, 0.3) is 5.91 Å². The molecular formula is C18H21N5O3. The number of amides is 1. The summed E-state index contributed by atoms with van der Waals surface area (Å²) >= 11 is 0. The first-order valence-corrected chi connectivity index (χ1v) is 8.43. The van der Waals surface area contributed by atoms with Crippen LogP contribution in [-0.2, 0) is 9.53 Å². The van der Waals surface area contributed by atoms with Crippen LogP contribution in [0.5, 0.6) is 0 Å². The van der Waals surface area contributed by atoms with Crippen molar-refractivity contribution in [2.45, 2.75) is 19.8 Å². The molecule has 1 aromatic carbocycles. The van der Waals surface area contributed by atoms with Crippen molar-refractivity contribution in [1.82, 2.24) is 9.97 Å². The predicted octanol–water partition coefficient (Wildman–Crippen LogP) is 1.76. The zero-order valence-corrected chi connectivity index (χ0v) is 14.6. The summed E-state index contributed by atoms with van der Waals surface area (Å²) in [5.74, 6) is -1.25. The van der Waals surface area contributed by atoms with E-state index < -0.39 is 18.5 Å². The molecule has 0 spiro atoms. The summed E-state index contributed by atoms with van der Waals surface area (Å²) in [5, 5.41) is 2.75. The number of ether oxygens (including phenoxy) is 1. The first-order valence-electron chi connectivity index (χ1n) is 8.43. The van der Waals surface area contributed by atoms with Gasteiger partial charge in [0, 0.05) is 36.9 Å². The molecule has 0 radical (unpaired) electrons. The molecule has 3 N–H and O–H groups in total. The van der Waals surface area contributed by atoms with Gasteiger partial charge in [0.1, 0.15) is 0 Å². The SMILES string of the molecule is Cc1cc(N2CCCC2)ccc1NC(=O)COC(=O)c1nccnc1N. The van der Waals surface area contributed by atoms with Gasteiger partial charge in [-0.1, -0.05) is 0 Å². The quantitative estimate of drug-likeness (QED) is 0.786. The normalized spacial score (nSPS) is 13.5. The Morgan fingerprint density at radius 3 is 2.65 bits per heavy atom. The van der Waals surface area contributed by atoms with Crippen LogP contribution in [-0.4, -0.2) is 41.5 Å². The van der Waals surface area contributed by atoms with Gasteiger partial charge in [0.2, 0.25) is 0 Å². The molecule has 2 heterocycles. The van der Waals surface area contributed by atoms with E-state index in [1.54, 1.807) is 0 Å². The number of rotatable bonds is 5. The first kappa shape index (κ1) is 17.7. The van der Waals surface area contributed by atoms with Gasteiger partial charge in [-0.05, 0) is 43.5 Å². The topological polar surface area (TPSA) is 110 Å². The van der Waals surface area contributed by atoms with Crippen LogP contribution >= 0.6 is 0 Å². The summed E-state index contributed by atoms with van der Waals surface area (Å²) in [6.45, 7) is 3.63. The minimum atomic E-state index is -0.785. The molecule has 1 fully saturated rings. The molecule has 1 aliphatic rings. The highest BCUT2D eigenvalue weighted by Crippen LogP contribution is 2.25. The number of carbonyl (C=O) groups excluding carboxylic acids is 2. The van der Waals surface area contributed by atoms with Gasteiger partial charge in [0.15, 0.2) is 18.1 Å². The van der Waals surface area contributed by atoms with Crippen molar-refractivity contribution < 1.29 is 14.3 Å². The lowest BCUT2D eigenvalue weighted by Crippen LogP contribution is -2.22. The second-order valence-corrected chi connectivity index (χ2v) is 6.11. The Morgan fingerprint density at radius 1 is 1.23 bits per heavy atom. The highest BCUT2D eigenvalue weighted by molar-refractivity contribution is 5.96. The van der Waals surface area contributed by atoms with Crippen molar-refractivity contribution in [3.8, 4) is 0 Å². The number of hydrogen-bond donors (Lipinski definition) is 2. The van der Waals surface area contributed by atoms with Gasteiger partial charge in [-0.2, -0.15) is 0 Å². The van der Waals surface area contributed by atoms with Crippen molar-refractivity contribution >= 4 is 29.1 Å². The van der Waals surface area contributed by atoms with Gasteiger partial charge < -0.3 is 20.7 Å². The summed E-state index contributed by atoms with van der Waals surface area (Å²) in [4.78, 5) is 33.8. The Balaban J connectivity index is 1.56. The molecule has 2 aromatic rings. The fraction of sp³-hybridized carbons (Fsp3) is 0.333. The summed E-state index contributed by atoms with van der Waals surface area (Å²) < 4.78 is 4.95. The number of aryl methyl sites for hydroxylation is 1. The zero-order chi connectivity index (χ0) is 18.5. The highest BCUT2D eigenvalue weighted by Gasteiger charge is 2.16. The first-order chi connectivity index (χ1) is 12.5. The molecule has 0 atom stereocenters. The lowest BCUT2D eigenvalue weighted by molar-refractivity contribution is -0.119.